The van der Waals surface area contributed by atoms with Crippen LogP contribution in [0, 0.1) is 5.92 Å². The number of anilines is 1. The summed E-state index contributed by atoms with van der Waals surface area (Å²) in [6.45, 7) is 6.03. The lowest BCUT2D eigenvalue weighted by molar-refractivity contribution is -0.121. The van der Waals surface area contributed by atoms with Crippen LogP contribution in [-0.4, -0.2) is 16.8 Å². The molecule has 2 amide bonds. The van der Waals surface area contributed by atoms with Crippen molar-refractivity contribution >= 4 is 49.8 Å². The lowest BCUT2D eigenvalue weighted by atomic mass is 10.0. The minimum absolute atomic E-state index is 0.00507. The molecule has 1 aromatic carbocycles. The molecular formula is C20H23N3O2S2. The van der Waals surface area contributed by atoms with E-state index in [9.17, 15) is 9.59 Å². The third-order valence-corrected chi connectivity index (χ3v) is 6.11. The lowest BCUT2D eigenvalue weighted by Crippen LogP contribution is -2.32. The number of rotatable bonds is 7. The van der Waals surface area contributed by atoms with Crippen LogP contribution in [0.15, 0.2) is 35.7 Å². The third kappa shape index (κ3) is 4.93. The van der Waals surface area contributed by atoms with Crippen molar-refractivity contribution in [1.82, 2.24) is 10.3 Å². The first kappa shape index (κ1) is 19.5. The third-order valence-electron chi connectivity index (χ3n) is 4.22. The summed E-state index contributed by atoms with van der Waals surface area (Å²) >= 11 is 3.09. The molecule has 0 spiro atoms. The van der Waals surface area contributed by atoms with Crippen molar-refractivity contribution in [3.8, 4) is 0 Å². The van der Waals surface area contributed by atoms with Crippen LogP contribution >= 0.6 is 22.7 Å². The van der Waals surface area contributed by atoms with Crippen molar-refractivity contribution in [2.45, 2.75) is 39.7 Å². The smallest absolute Gasteiger partial charge is 0.225 e. The summed E-state index contributed by atoms with van der Waals surface area (Å²) in [5, 5.41) is 8.57. The average molecular weight is 402 g/mol. The van der Waals surface area contributed by atoms with Crippen LogP contribution in [0.3, 0.4) is 0 Å². The zero-order chi connectivity index (χ0) is 19.4. The highest BCUT2D eigenvalue weighted by Crippen LogP contribution is 2.28. The fraction of sp³-hybridized carbons (Fsp3) is 0.350. The molecule has 0 saturated carbocycles. The number of nitrogens with zero attached hydrogens (tertiary/aromatic N) is 1. The van der Waals surface area contributed by atoms with E-state index in [1.807, 2.05) is 29.6 Å². The highest BCUT2D eigenvalue weighted by atomic mass is 32.1. The molecule has 1 atom stereocenters. The van der Waals surface area contributed by atoms with Gasteiger partial charge in [-0.05, 0) is 35.1 Å². The Hall–Kier alpha value is -2.25. The van der Waals surface area contributed by atoms with E-state index in [4.69, 9.17) is 0 Å². The first-order valence-electron chi connectivity index (χ1n) is 8.98. The van der Waals surface area contributed by atoms with Crippen molar-refractivity contribution in [3.05, 3.63) is 46.2 Å². The molecule has 2 heterocycles. The Labute approximate surface area is 166 Å². The van der Waals surface area contributed by atoms with Gasteiger partial charge in [-0.25, -0.2) is 4.98 Å². The van der Waals surface area contributed by atoms with Gasteiger partial charge >= 0.3 is 0 Å². The van der Waals surface area contributed by atoms with Crippen molar-refractivity contribution in [3.63, 3.8) is 0 Å². The first-order valence-corrected chi connectivity index (χ1v) is 10.7. The van der Waals surface area contributed by atoms with E-state index >= 15 is 0 Å². The number of thiazole rings is 1. The van der Waals surface area contributed by atoms with Gasteiger partial charge in [0, 0.05) is 11.3 Å². The molecule has 3 rings (SSSR count). The van der Waals surface area contributed by atoms with E-state index in [0.717, 1.165) is 15.8 Å². The van der Waals surface area contributed by atoms with Crippen LogP contribution in [0.2, 0.25) is 0 Å². The minimum atomic E-state index is -0.0537. The van der Waals surface area contributed by atoms with Crippen LogP contribution in [-0.2, 0) is 16.0 Å². The molecule has 0 unspecified atom stereocenters. The van der Waals surface area contributed by atoms with Gasteiger partial charge in [0.25, 0.3) is 0 Å². The Kier molecular flexibility index (Phi) is 6.23. The summed E-state index contributed by atoms with van der Waals surface area (Å²) in [5.74, 6) is 0.272. The van der Waals surface area contributed by atoms with E-state index in [2.05, 4.69) is 35.5 Å². The summed E-state index contributed by atoms with van der Waals surface area (Å²) in [7, 11) is 0. The molecule has 0 bridgehead atoms. The lowest BCUT2D eigenvalue weighted by Gasteiger charge is -2.21. The van der Waals surface area contributed by atoms with Crippen LogP contribution in [0.5, 0.6) is 0 Å². The summed E-state index contributed by atoms with van der Waals surface area (Å²) in [6, 6.07) is 9.89. The molecular weight excluding hydrogens is 378 g/mol. The maximum Gasteiger partial charge on any atom is 0.225 e. The molecule has 142 valence electrons. The molecule has 5 nitrogen and oxygen atoms in total. The quantitative estimate of drug-likeness (QED) is 0.599. The number of hydrogen-bond acceptors (Lipinski definition) is 5. The second-order valence-corrected chi connectivity index (χ2v) is 8.71. The monoisotopic (exact) mass is 401 g/mol. The van der Waals surface area contributed by atoms with Gasteiger partial charge in [0.1, 0.15) is 0 Å². The minimum Gasteiger partial charge on any atom is -0.348 e. The molecule has 0 radical (unpaired) electrons. The van der Waals surface area contributed by atoms with E-state index < -0.39 is 0 Å². The largest absolute Gasteiger partial charge is 0.348 e. The Morgan fingerprint density at radius 3 is 2.67 bits per heavy atom. The Balaban J connectivity index is 1.70. The fourth-order valence-electron chi connectivity index (χ4n) is 2.78. The molecule has 0 aliphatic carbocycles. The summed E-state index contributed by atoms with van der Waals surface area (Å²) < 4.78 is 0.963. The molecule has 0 saturated heterocycles. The van der Waals surface area contributed by atoms with Gasteiger partial charge in [0.15, 0.2) is 5.13 Å². The maximum atomic E-state index is 12.6. The second kappa shape index (κ2) is 8.63. The second-order valence-electron chi connectivity index (χ2n) is 6.70. The molecule has 2 N–H and O–H groups in total. The zero-order valence-electron chi connectivity index (χ0n) is 15.6. The predicted octanol–water partition coefficient (Wildman–Crippen LogP) is 4.76. The summed E-state index contributed by atoms with van der Waals surface area (Å²) in [4.78, 5) is 29.7. The highest BCUT2D eigenvalue weighted by molar-refractivity contribution is 7.22. The number of nitrogens with one attached hydrogen (secondary N) is 2. The topological polar surface area (TPSA) is 71.1 Å². The number of carbonyl (C=O) groups excluding carboxylic acids is 2. The summed E-state index contributed by atoms with van der Waals surface area (Å²) in [6.07, 6.45) is 0.738. The number of thiophene rings is 1. The Morgan fingerprint density at radius 2 is 2.00 bits per heavy atom. The highest BCUT2D eigenvalue weighted by Gasteiger charge is 2.19. The number of amides is 2. The van der Waals surface area contributed by atoms with E-state index in [1.165, 1.54) is 16.2 Å². The molecule has 0 aliphatic heterocycles. The summed E-state index contributed by atoms with van der Waals surface area (Å²) in [5.41, 5.74) is 1.76. The van der Waals surface area contributed by atoms with Crippen molar-refractivity contribution in [1.29, 1.82) is 0 Å². The number of aromatic nitrogens is 1. The zero-order valence-corrected chi connectivity index (χ0v) is 17.2. The maximum absolute atomic E-state index is 12.6. The van der Waals surface area contributed by atoms with Gasteiger partial charge in [-0.2, -0.15) is 0 Å². The van der Waals surface area contributed by atoms with Crippen molar-refractivity contribution in [2.24, 2.45) is 5.92 Å². The van der Waals surface area contributed by atoms with E-state index in [1.54, 1.807) is 18.3 Å². The van der Waals surface area contributed by atoms with Gasteiger partial charge < -0.3 is 10.6 Å². The fourth-order valence-corrected chi connectivity index (χ4v) is 4.68. The molecule has 0 aliphatic rings. The van der Waals surface area contributed by atoms with Gasteiger partial charge in [0.05, 0.1) is 22.7 Å². The van der Waals surface area contributed by atoms with E-state index in [0.29, 0.717) is 23.9 Å². The number of carbonyl (C=O) groups is 2. The average Bonchev–Trinajstić information content (AvgIpc) is 3.28. The van der Waals surface area contributed by atoms with Crippen LogP contribution in [0.1, 0.15) is 43.7 Å². The van der Waals surface area contributed by atoms with Gasteiger partial charge in [-0.1, -0.05) is 44.2 Å². The molecule has 7 heteroatoms. The van der Waals surface area contributed by atoms with Crippen LogP contribution in [0.25, 0.3) is 10.2 Å². The number of fused-ring (bicyclic) bond motifs is 1. The normalized spacial score (nSPS) is 12.3. The Bertz CT molecular complexity index is 932. The predicted molar refractivity (Wildman–Crippen MR) is 112 cm³/mol. The van der Waals surface area contributed by atoms with Crippen molar-refractivity contribution in [2.75, 3.05) is 5.32 Å². The van der Waals surface area contributed by atoms with Gasteiger partial charge in [-0.15, -0.1) is 11.3 Å². The SMILES string of the molecule is CCC(=O)Nc1nc2ccc(CC(=O)N[C@@H](c3cccs3)C(C)C)cc2s1. The number of benzene rings is 1. The Morgan fingerprint density at radius 1 is 1.19 bits per heavy atom. The van der Waals surface area contributed by atoms with Gasteiger partial charge in [-0.3, -0.25) is 9.59 Å². The molecule has 0 fully saturated rings. The van der Waals surface area contributed by atoms with Crippen LogP contribution < -0.4 is 10.6 Å². The molecule has 3 aromatic rings. The van der Waals surface area contributed by atoms with Crippen LogP contribution in [0.4, 0.5) is 5.13 Å². The first-order chi connectivity index (χ1) is 13.0. The number of hydrogen-bond donors (Lipinski definition) is 2. The standard InChI is InChI=1S/C20H23N3O2S2/c1-4-17(24)23-20-21-14-8-7-13(10-16(14)27-20)11-18(25)22-19(12(2)3)15-6-5-9-26-15/h5-10,12,19H,4,11H2,1-3H3,(H,22,25)(H,21,23,24)/t19-/m1/s1. The van der Waals surface area contributed by atoms with Crippen molar-refractivity contribution < 1.29 is 9.59 Å². The van der Waals surface area contributed by atoms with E-state index in [-0.39, 0.29) is 17.9 Å². The van der Waals surface area contributed by atoms with Gasteiger partial charge in [0.2, 0.25) is 11.8 Å². The molecule has 2 aromatic heterocycles. The molecule has 27 heavy (non-hydrogen) atoms.